The van der Waals surface area contributed by atoms with Gasteiger partial charge < -0.3 is 10.4 Å². The number of aromatic hydroxyl groups is 1. The summed E-state index contributed by atoms with van der Waals surface area (Å²) >= 11 is 0. The number of aromatic nitrogens is 1. The molecule has 26 heavy (non-hydrogen) atoms. The van der Waals surface area contributed by atoms with Crippen molar-refractivity contribution in [2.75, 3.05) is 5.32 Å². The third kappa shape index (κ3) is 2.22. The Bertz CT molecular complexity index is 1070. The summed E-state index contributed by atoms with van der Waals surface area (Å²) in [6, 6.07) is 15.0. The molecule has 0 bridgehead atoms. The van der Waals surface area contributed by atoms with Crippen molar-refractivity contribution in [3.63, 3.8) is 0 Å². The number of allylic oxidation sites excluding steroid dienone is 1. The van der Waals surface area contributed by atoms with Gasteiger partial charge in [-0.15, -0.1) is 0 Å². The highest BCUT2D eigenvalue weighted by Crippen LogP contribution is 2.47. The van der Waals surface area contributed by atoms with Gasteiger partial charge in [0.2, 0.25) is 0 Å². The van der Waals surface area contributed by atoms with Crippen molar-refractivity contribution >= 4 is 27.9 Å². The van der Waals surface area contributed by atoms with Crippen molar-refractivity contribution in [3.8, 4) is 5.75 Å². The Labute approximate surface area is 151 Å². The maximum atomic E-state index is 12.9. The highest BCUT2D eigenvalue weighted by Gasteiger charge is 2.34. The van der Waals surface area contributed by atoms with E-state index in [1.165, 1.54) is 0 Å². The molecule has 1 aliphatic heterocycles. The smallest absolute Gasteiger partial charge is 0.161 e. The molecule has 1 atom stereocenters. The average Bonchev–Trinajstić information content (AvgIpc) is 2.68. The lowest BCUT2D eigenvalue weighted by atomic mass is 9.77. The minimum Gasteiger partial charge on any atom is -0.508 e. The van der Waals surface area contributed by atoms with Gasteiger partial charge in [-0.25, -0.2) is 0 Å². The lowest BCUT2D eigenvalue weighted by molar-refractivity contribution is -0.116. The molecule has 5 rings (SSSR count). The molecule has 4 nitrogen and oxygen atoms in total. The number of anilines is 1. The molecule has 3 aromatic rings. The van der Waals surface area contributed by atoms with Crippen LogP contribution in [-0.2, 0) is 4.79 Å². The molecule has 4 heteroatoms. The molecule has 128 valence electrons. The van der Waals surface area contributed by atoms with Gasteiger partial charge in [-0.1, -0.05) is 18.2 Å². The topological polar surface area (TPSA) is 62.2 Å². The first-order chi connectivity index (χ1) is 12.7. The molecule has 0 amide bonds. The van der Waals surface area contributed by atoms with E-state index in [1.807, 2.05) is 24.3 Å². The van der Waals surface area contributed by atoms with Gasteiger partial charge in [-0.3, -0.25) is 9.78 Å². The molecule has 0 saturated heterocycles. The van der Waals surface area contributed by atoms with Gasteiger partial charge >= 0.3 is 0 Å². The van der Waals surface area contributed by atoms with Crippen LogP contribution >= 0.6 is 0 Å². The third-order valence-corrected chi connectivity index (χ3v) is 5.36. The molecule has 1 aromatic heterocycles. The summed E-state index contributed by atoms with van der Waals surface area (Å²) in [5.41, 5.74) is 6.10. The van der Waals surface area contributed by atoms with Crippen LogP contribution in [0, 0.1) is 0 Å². The van der Waals surface area contributed by atoms with E-state index in [9.17, 15) is 9.90 Å². The number of phenols is 1. The number of carbonyl (C=O) groups is 1. The Morgan fingerprint density at radius 2 is 1.88 bits per heavy atom. The molecule has 2 aliphatic rings. The van der Waals surface area contributed by atoms with Gasteiger partial charge in [0.25, 0.3) is 0 Å². The Kier molecular flexibility index (Phi) is 3.32. The van der Waals surface area contributed by atoms with Crippen LogP contribution in [0.4, 0.5) is 5.69 Å². The Morgan fingerprint density at radius 3 is 2.73 bits per heavy atom. The van der Waals surface area contributed by atoms with E-state index in [2.05, 4.69) is 22.4 Å². The molecular formula is C22H18N2O2. The fraction of sp³-hybridized carbons (Fsp3) is 0.182. The van der Waals surface area contributed by atoms with Crippen LogP contribution in [0.2, 0.25) is 0 Å². The van der Waals surface area contributed by atoms with Crippen LogP contribution in [0.25, 0.3) is 16.5 Å². The predicted octanol–water partition coefficient (Wildman–Crippen LogP) is 4.61. The van der Waals surface area contributed by atoms with Gasteiger partial charge in [0.05, 0.1) is 11.6 Å². The number of hydrogen-bond donors (Lipinski definition) is 2. The van der Waals surface area contributed by atoms with Gasteiger partial charge in [0.1, 0.15) is 5.75 Å². The first-order valence-corrected chi connectivity index (χ1v) is 8.92. The SMILES string of the molecule is O=C1CCCC2=C1[C@H](c1ccc(O)cc1)Nc1ccc3ncccc3c12. The summed E-state index contributed by atoms with van der Waals surface area (Å²) in [6.45, 7) is 0. The van der Waals surface area contributed by atoms with Gasteiger partial charge in [0.15, 0.2) is 5.78 Å². The zero-order chi connectivity index (χ0) is 17.7. The lowest BCUT2D eigenvalue weighted by Gasteiger charge is -2.35. The monoisotopic (exact) mass is 342 g/mol. The molecule has 0 fully saturated rings. The molecule has 0 saturated carbocycles. The molecular weight excluding hydrogens is 324 g/mol. The summed E-state index contributed by atoms with van der Waals surface area (Å²) < 4.78 is 0. The molecule has 1 aliphatic carbocycles. The number of nitrogens with zero attached hydrogens (tertiary/aromatic N) is 1. The number of Topliss-reactive ketones (excluding diaryl/α,β-unsaturated/α-hetero) is 1. The van der Waals surface area contributed by atoms with E-state index in [-0.39, 0.29) is 17.6 Å². The normalized spacial score (nSPS) is 19.1. The van der Waals surface area contributed by atoms with Crippen LogP contribution < -0.4 is 5.32 Å². The molecule has 0 unspecified atom stereocenters. The second-order valence-corrected chi connectivity index (χ2v) is 6.90. The molecule has 0 radical (unpaired) electrons. The van der Waals surface area contributed by atoms with E-state index in [0.29, 0.717) is 6.42 Å². The largest absolute Gasteiger partial charge is 0.508 e. The fourth-order valence-corrected chi connectivity index (χ4v) is 4.20. The molecule has 2 heterocycles. The van der Waals surface area contributed by atoms with Crippen molar-refractivity contribution in [3.05, 3.63) is 71.4 Å². The lowest BCUT2D eigenvalue weighted by Crippen LogP contribution is -2.27. The highest BCUT2D eigenvalue weighted by atomic mass is 16.3. The number of carbonyl (C=O) groups excluding carboxylic acids is 1. The standard InChI is InChI=1S/C22H18N2O2/c25-14-8-6-13(7-9-14)22-21-16(3-1-5-19(21)26)20-15-4-2-12-23-17(15)10-11-18(20)24-22/h2,4,6-12,22,24-25H,1,3,5H2/t22-/m0/s1. The van der Waals surface area contributed by atoms with Crippen molar-refractivity contribution < 1.29 is 9.90 Å². The molecule has 0 spiro atoms. The summed E-state index contributed by atoms with van der Waals surface area (Å²) in [4.78, 5) is 17.3. The third-order valence-electron chi connectivity index (χ3n) is 5.36. The summed E-state index contributed by atoms with van der Waals surface area (Å²) in [6.07, 6.45) is 4.17. The summed E-state index contributed by atoms with van der Waals surface area (Å²) in [5, 5.41) is 14.3. The van der Waals surface area contributed by atoms with Crippen molar-refractivity contribution in [1.29, 1.82) is 0 Å². The molecule has 2 aromatic carbocycles. The van der Waals surface area contributed by atoms with E-state index in [0.717, 1.165) is 51.7 Å². The first-order valence-electron chi connectivity index (χ1n) is 8.92. The van der Waals surface area contributed by atoms with Crippen LogP contribution in [0.1, 0.15) is 36.4 Å². The number of pyridine rings is 1. The summed E-state index contributed by atoms with van der Waals surface area (Å²) in [5.74, 6) is 0.439. The maximum absolute atomic E-state index is 12.9. The zero-order valence-corrected chi connectivity index (χ0v) is 14.2. The Morgan fingerprint density at radius 1 is 1.04 bits per heavy atom. The van der Waals surface area contributed by atoms with Crippen LogP contribution in [0.15, 0.2) is 60.3 Å². The van der Waals surface area contributed by atoms with Crippen molar-refractivity contribution in [2.24, 2.45) is 0 Å². The van der Waals surface area contributed by atoms with Crippen molar-refractivity contribution in [1.82, 2.24) is 4.98 Å². The highest BCUT2D eigenvalue weighted by molar-refractivity contribution is 6.12. The number of ketones is 1. The van der Waals surface area contributed by atoms with Gasteiger partial charge in [0, 0.05) is 34.8 Å². The average molecular weight is 342 g/mol. The van der Waals surface area contributed by atoms with Gasteiger partial charge in [-0.2, -0.15) is 0 Å². The van der Waals surface area contributed by atoms with E-state index in [1.54, 1.807) is 18.3 Å². The number of benzene rings is 2. The number of rotatable bonds is 1. The van der Waals surface area contributed by atoms with Crippen LogP contribution in [-0.4, -0.2) is 15.9 Å². The zero-order valence-electron chi connectivity index (χ0n) is 14.2. The number of fused-ring (bicyclic) bond motifs is 4. The first kappa shape index (κ1) is 15.1. The van der Waals surface area contributed by atoms with Gasteiger partial charge in [-0.05, 0) is 54.3 Å². The quantitative estimate of drug-likeness (QED) is 0.678. The van der Waals surface area contributed by atoms with E-state index >= 15 is 0 Å². The number of hydrogen-bond acceptors (Lipinski definition) is 4. The van der Waals surface area contributed by atoms with E-state index in [4.69, 9.17) is 0 Å². The Hall–Kier alpha value is -3.14. The predicted molar refractivity (Wildman–Crippen MR) is 102 cm³/mol. The number of phenolic OH excluding ortho intramolecular Hbond substituents is 1. The van der Waals surface area contributed by atoms with Crippen LogP contribution in [0.3, 0.4) is 0 Å². The second kappa shape index (κ2) is 5.70. The van der Waals surface area contributed by atoms with E-state index < -0.39 is 0 Å². The number of nitrogens with one attached hydrogen (secondary N) is 1. The van der Waals surface area contributed by atoms with Crippen molar-refractivity contribution in [2.45, 2.75) is 25.3 Å². The molecule has 2 N–H and O–H groups in total. The minimum absolute atomic E-state index is 0.181. The fourth-order valence-electron chi connectivity index (χ4n) is 4.20. The van der Waals surface area contributed by atoms with Crippen LogP contribution in [0.5, 0.6) is 5.75 Å². The summed E-state index contributed by atoms with van der Waals surface area (Å²) in [7, 11) is 0. The second-order valence-electron chi connectivity index (χ2n) is 6.90. The maximum Gasteiger partial charge on any atom is 0.161 e. The minimum atomic E-state index is -0.181. The Balaban J connectivity index is 1.78.